The van der Waals surface area contributed by atoms with E-state index in [0.29, 0.717) is 17.6 Å². The van der Waals surface area contributed by atoms with Gasteiger partial charge in [-0.2, -0.15) is 0 Å². The molecule has 0 amide bonds. The van der Waals surface area contributed by atoms with Gasteiger partial charge in [-0.25, -0.2) is 0 Å². The second-order valence-corrected chi connectivity index (χ2v) is 5.13. The van der Waals surface area contributed by atoms with E-state index in [1.54, 1.807) is 6.07 Å². The van der Waals surface area contributed by atoms with E-state index in [2.05, 4.69) is 21.2 Å². The average molecular weight is 322 g/mol. The van der Waals surface area contributed by atoms with Gasteiger partial charge in [-0.3, -0.25) is 0 Å². The van der Waals surface area contributed by atoms with Crippen LogP contribution in [0.15, 0.2) is 46.9 Å². The zero-order valence-electron chi connectivity index (χ0n) is 10.4. The Labute approximate surface area is 121 Å². The van der Waals surface area contributed by atoms with Gasteiger partial charge in [0, 0.05) is 18.7 Å². The van der Waals surface area contributed by atoms with Gasteiger partial charge in [-0.05, 0) is 33.1 Å². The van der Waals surface area contributed by atoms with Crippen LogP contribution in [0, 0.1) is 0 Å². The van der Waals surface area contributed by atoms with Gasteiger partial charge < -0.3 is 15.5 Å². The van der Waals surface area contributed by atoms with E-state index in [4.69, 9.17) is 0 Å². The van der Waals surface area contributed by atoms with Gasteiger partial charge in [0.25, 0.3) is 0 Å². The molecular weight excluding hydrogens is 306 g/mol. The molecule has 3 N–H and O–H groups in total. The largest absolute Gasteiger partial charge is 0.506 e. The lowest BCUT2D eigenvalue weighted by atomic mass is 10.1. The number of aliphatic hydroxyl groups excluding tert-OH is 1. The minimum atomic E-state index is 0.0417. The SMILES string of the molecule is OCc1ccccc1CNCc1cccc(Br)c1O. The average Bonchev–Trinajstić information content (AvgIpc) is 2.44. The molecule has 0 radical (unpaired) electrons. The Bertz CT molecular complexity index is 558. The standard InChI is InChI=1S/C15H16BrNO2/c16-14-7-3-6-12(15(14)19)9-17-8-11-4-1-2-5-13(11)10-18/h1-7,17-19H,8-10H2. The number of halogens is 1. The Balaban J connectivity index is 1.98. The molecule has 0 aliphatic carbocycles. The van der Waals surface area contributed by atoms with Gasteiger partial charge in [0.05, 0.1) is 11.1 Å². The number of phenolic OH excluding ortho intramolecular Hbond substituents is 1. The first kappa shape index (κ1) is 14.1. The third-order valence-electron chi connectivity index (χ3n) is 2.99. The summed E-state index contributed by atoms with van der Waals surface area (Å²) in [5.74, 6) is 0.269. The molecule has 0 heterocycles. The first-order valence-electron chi connectivity index (χ1n) is 6.07. The number of phenols is 1. The highest BCUT2D eigenvalue weighted by Crippen LogP contribution is 2.27. The summed E-state index contributed by atoms with van der Waals surface area (Å²) in [6, 6.07) is 13.3. The zero-order chi connectivity index (χ0) is 13.7. The van der Waals surface area contributed by atoms with Crippen LogP contribution in [0.1, 0.15) is 16.7 Å². The Morgan fingerprint density at radius 1 is 0.895 bits per heavy atom. The van der Waals surface area contributed by atoms with Gasteiger partial charge in [0.2, 0.25) is 0 Å². The van der Waals surface area contributed by atoms with E-state index in [1.165, 1.54) is 0 Å². The highest BCUT2D eigenvalue weighted by molar-refractivity contribution is 9.10. The topological polar surface area (TPSA) is 52.5 Å². The summed E-state index contributed by atoms with van der Waals surface area (Å²) < 4.78 is 0.697. The number of aliphatic hydroxyl groups is 1. The summed E-state index contributed by atoms with van der Waals surface area (Å²) in [5, 5.41) is 22.4. The maximum Gasteiger partial charge on any atom is 0.134 e. The number of hydrogen-bond donors (Lipinski definition) is 3. The normalized spacial score (nSPS) is 10.6. The predicted molar refractivity (Wildman–Crippen MR) is 78.7 cm³/mol. The molecule has 4 heteroatoms. The molecular formula is C15H16BrNO2. The van der Waals surface area contributed by atoms with E-state index in [9.17, 15) is 10.2 Å². The van der Waals surface area contributed by atoms with E-state index >= 15 is 0 Å². The number of aromatic hydroxyl groups is 1. The molecule has 100 valence electrons. The molecule has 0 saturated heterocycles. The van der Waals surface area contributed by atoms with Crippen molar-refractivity contribution >= 4 is 15.9 Å². The number of benzene rings is 2. The molecule has 0 aliphatic heterocycles. The Hall–Kier alpha value is -1.36. The van der Waals surface area contributed by atoms with Crippen molar-refractivity contribution in [3.63, 3.8) is 0 Å². The van der Waals surface area contributed by atoms with Crippen LogP contribution in [-0.2, 0) is 19.7 Å². The molecule has 2 aromatic rings. The van der Waals surface area contributed by atoms with Crippen molar-refractivity contribution in [2.45, 2.75) is 19.7 Å². The molecule has 0 fully saturated rings. The van der Waals surface area contributed by atoms with Crippen LogP contribution in [0.2, 0.25) is 0 Å². The van der Waals surface area contributed by atoms with Crippen LogP contribution < -0.4 is 5.32 Å². The molecule has 0 aromatic heterocycles. The highest BCUT2D eigenvalue weighted by Gasteiger charge is 2.05. The molecule has 0 aliphatic rings. The zero-order valence-corrected chi connectivity index (χ0v) is 12.0. The Morgan fingerprint density at radius 2 is 1.53 bits per heavy atom. The van der Waals surface area contributed by atoms with Gasteiger partial charge in [0.15, 0.2) is 0 Å². The predicted octanol–water partition coefficient (Wildman–Crippen LogP) is 2.94. The molecule has 2 aromatic carbocycles. The third-order valence-corrected chi connectivity index (χ3v) is 3.63. The molecule has 0 bridgehead atoms. The molecule has 3 nitrogen and oxygen atoms in total. The van der Waals surface area contributed by atoms with Gasteiger partial charge in [-0.15, -0.1) is 0 Å². The number of hydrogen-bond acceptors (Lipinski definition) is 3. The summed E-state index contributed by atoms with van der Waals surface area (Å²) in [5.41, 5.74) is 2.84. The summed E-state index contributed by atoms with van der Waals surface area (Å²) in [4.78, 5) is 0. The fourth-order valence-electron chi connectivity index (χ4n) is 1.92. The molecule has 0 saturated carbocycles. The smallest absolute Gasteiger partial charge is 0.134 e. The Kier molecular flexibility index (Phi) is 4.96. The highest BCUT2D eigenvalue weighted by atomic mass is 79.9. The van der Waals surface area contributed by atoms with E-state index in [0.717, 1.165) is 16.7 Å². The van der Waals surface area contributed by atoms with Crippen LogP contribution in [0.5, 0.6) is 5.75 Å². The maximum atomic E-state index is 9.87. The van der Waals surface area contributed by atoms with Crippen LogP contribution in [0.25, 0.3) is 0 Å². The lowest BCUT2D eigenvalue weighted by Crippen LogP contribution is -2.14. The molecule has 2 rings (SSSR count). The van der Waals surface area contributed by atoms with Crippen molar-refractivity contribution in [1.82, 2.24) is 5.32 Å². The lowest BCUT2D eigenvalue weighted by Gasteiger charge is -2.10. The third kappa shape index (κ3) is 3.56. The molecule has 19 heavy (non-hydrogen) atoms. The van der Waals surface area contributed by atoms with E-state index in [-0.39, 0.29) is 12.4 Å². The monoisotopic (exact) mass is 321 g/mol. The van der Waals surface area contributed by atoms with Crippen molar-refractivity contribution in [3.8, 4) is 5.75 Å². The van der Waals surface area contributed by atoms with Crippen LogP contribution in [0.3, 0.4) is 0 Å². The first-order valence-corrected chi connectivity index (χ1v) is 6.86. The quantitative estimate of drug-likeness (QED) is 0.793. The van der Waals surface area contributed by atoms with E-state index in [1.807, 2.05) is 36.4 Å². The van der Waals surface area contributed by atoms with Crippen molar-refractivity contribution < 1.29 is 10.2 Å². The summed E-state index contributed by atoms with van der Waals surface area (Å²) in [6.07, 6.45) is 0. The molecule has 0 spiro atoms. The van der Waals surface area contributed by atoms with Crippen LogP contribution >= 0.6 is 15.9 Å². The van der Waals surface area contributed by atoms with Crippen molar-refractivity contribution in [3.05, 3.63) is 63.6 Å². The maximum absolute atomic E-state index is 9.87. The number of nitrogens with one attached hydrogen (secondary N) is 1. The van der Waals surface area contributed by atoms with Crippen molar-refractivity contribution in [1.29, 1.82) is 0 Å². The second-order valence-electron chi connectivity index (χ2n) is 4.28. The fraction of sp³-hybridized carbons (Fsp3) is 0.200. The van der Waals surface area contributed by atoms with Gasteiger partial charge >= 0.3 is 0 Å². The lowest BCUT2D eigenvalue weighted by molar-refractivity contribution is 0.280. The number of rotatable bonds is 5. The first-order chi connectivity index (χ1) is 9.22. The molecule has 0 atom stereocenters. The number of para-hydroxylation sites is 1. The minimum absolute atomic E-state index is 0.0417. The van der Waals surface area contributed by atoms with Crippen molar-refractivity contribution in [2.24, 2.45) is 0 Å². The van der Waals surface area contributed by atoms with Crippen LogP contribution in [0.4, 0.5) is 0 Å². The molecule has 0 unspecified atom stereocenters. The summed E-state index contributed by atoms with van der Waals surface area (Å²) in [7, 11) is 0. The summed E-state index contributed by atoms with van der Waals surface area (Å²) >= 11 is 3.29. The summed E-state index contributed by atoms with van der Waals surface area (Å²) in [6.45, 7) is 1.27. The minimum Gasteiger partial charge on any atom is -0.506 e. The fourth-order valence-corrected chi connectivity index (χ4v) is 2.33. The van der Waals surface area contributed by atoms with Gasteiger partial charge in [-0.1, -0.05) is 36.4 Å². The van der Waals surface area contributed by atoms with Crippen molar-refractivity contribution in [2.75, 3.05) is 0 Å². The second kappa shape index (κ2) is 6.70. The van der Waals surface area contributed by atoms with E-state index < -0.39 is 0 Å². The van der Waals surface area contributed by atoms with Crippen LogP contribution in [-0.4, -0.2) is 10.2 Å². The van der Waals surface area contributed by atoms with Gasteiger partial charge in [0.1, 0.15) is 5.75 Å². The Morgan fingerprint density at radius 3 is 2.26 bits per heavy atom.